The Morgan fingerprint density at radius 2 is 1.87 bits per heavy atom. The highest BCUT2D eigenvalue weighted by molar-refractivity contribution is 7.99. The van der Waals surface area contributed by atoms with E-state index in [-0.39, 0.29) is 22.0 Å². The summed E-state index contributed by atoms with van der Waals surface area (Å²) in [5.74, 6) is 0.395. The summed E-state index contributed by atoms with van der Waals surface area (Å²) in [4.78, 5) is 26.2. The number of aromatic nitrogens is 2. The Morgan fingerprint density at radius 1 is 1.13 bits per heavy atom. The van der Waals surface area contributed by atoms with Crippen LogP contribution in [0.3, 0.4) is 0 Å². The molecule has 0 saturated carbocycles. The van der Waals surface area contributed by atoms with Crippen molar-refractivity contribution in [3.63, 3.8) is 0 Å². The number of nitro groups is 2. The Labute approximate surface area is 222 Å². The lowest BCUT2D eigenvalue weighted by Gasteiger charge is -2.29. The molecule has 1 aliphatic heterocycles. The van der Waals surface area contributed by atoms with Crippen molar-refractivity contribution in [1.82, 2.24) is 13.9 Å². The average Bonchev–Trinajstić information content (AvgIpc) is 3.29. The van der Waals surface area contributed by atoms with Crippen molar-refractivity contribution >= 4 is 45.1 Å². The predicted molar refractivity (Wildman–Crippen MR) is 142 cm³/mol. The van der Waals surface area contributed by atoms with Gasteiger partial charge in [0.25, 0.3) is 11.4 Å². The summed E-state index contributed by atoms with van der Waals surface area (Å²) in [7, 11) is -2.24. The molecule has 0 unspecified atom stereocenters. The predicted octanol–water partition coefficient (Wildman–Crippen LogP) is 4.25. The zero-order valence-corrected chi connectivity index (χ0v) is 22.2. The maximum Gasteiger partial charge on any atom is 0.283 e. The van der Waals surface area contributed by atoms with Crippen LogP contribution in [0.4, 0.5) is 17.1 Å². The molecule has 1 N–H and O–H groups in total. The van der Waals surface area contributed by atoms with E-state index < -0.39 is 19.9 Å². The number of aryl methyl sites for hydroxylation is 1. The van der Waals surface area contributed by atoms with Crippen molar-refractivity contribution in [1.29, 1.82) is 0 Å². The number of piperidine rings is 1. The van der Waals surface area contributed by atoms with Crippen molar-refractivity contribution in [2.75, 3.05) is 18.5 Å². The standard InChI is InChI=1S/C23H25N7O6S2/c1-16-7-10-28(11-8-16)38(35,36)22-14-18(29(31)32)4-5-19(22)26-25-15-17-3-6-21(20(13-17)30(33)34)37-23-24-9-12-27(23)2/h3-6,9,12-16,26H,7-8,10-11H2,1-2H3/b25-15-. The van der Waals surface area contributed by atoms with Gasteiger partial charge < -0.3 is 4.57 Å². The highest BCUT2D eigenvalue weighted by Crippen LogP contribution is 2.34. The van der Waals surface area contributed by atoms with Crippen LogP contribution in [0.5, 0.6) is 0 Å². The maximum atomic E-state index is 13.4. The van der Waals surface area contributed by atoms with Gasteiger partial charge in [-0.1, -0.05) is 13.0 Å². The van der Waals surface area contributed by atoms with E-state index in [2.05, 4.69) is 15.5 Å². The second kappa shape index (κ2) is 11.3. The molecule has 2 aromatic carbocycles. The smallest absolute Gasteiger partial charge is 0.283 e. The SMILES string of the molecule is CC1CCN(S(=O)(=O)c2cc([N+](=O)[O-])ccc2N/N=C\c2ccc(Sc3nccn3C)c([N+](=O)[O-])c2)CC1. The van der Waals surface area contributed by atoms with Crippen LogP contribution in [0.15, 0.2) is 68.8 Å². The van der Waals surface area contributed by atoms with Gasteiger partial charge in [-0.2, -0.15) is 9.41 Å². The van der Waals surface area contributed by atoms with Crippen LogP contribution in [0, 0.1) is 26.1 Å². The van der Waals surface area contributed by atoms with Gasteiger partial charge in [-0.25, -0.2) is 13.4 Å². The van der Waals surface area contributed by atoms with Crippen molar-refractivity contribution in [2.45, 2.75) is 34.7 Å². The maximum absolute atomic E-state index is 13.4. The fourth-order valence-corrected chi connectivity index (χ4v) is 6.38. The minimum Gasteiger partial charge on any atom is -0.329 e. The summed E-state index contributed by atoms with van der Waals surface area (Å²) < 4.78 is 29.8. The van der Waals surface area contributed by atoms with Crippen molar-refractivity contribution in [3.8, 4) is 0 Å². The third kappa shape index (κ3) is 6.00. The van der Waals surface area contributed by atoms with Crippen LogP contribution < -0.4 is 5.43 Å². The normalized spacial score (nSPS) is 15.1. The van der Waals surface area contributed by atoms with E-state index in [1.165, 1.54) is 28.7 Å². The van der Waals surface area contributed by atoms with Crippen molar-refractivity contribution < 1.29 is 18.3 Å². The quantitative estimate of drug-likeness (QED) is 0.229. The van der Waals surface area contributed by atoms with Crippen LogP contribution in [-0.2, 0) is 17.1 Å². The third-order valence-corrected chi connectivity index (χ3v) is 9.17. The molecule has 0 bridgehead atoms. The zero-order valence-electron chi connectivity index (χ0n) is 20.6. The molecular weight excluding hydrogens is 534 g/mol. The number of nitro benzene ring substituents is 2. The van der Waals surface area contributed by atoms with Crippen LogP contribution in [-0.4, -0.2) is 51.4 Å². The van der Waals surface area contributed by atoms with Gasteiger partial charge in [-0.05, 0) is 42.7 Å². The van der Waals surface area contributed by atoms with Crippen LogP contribution in [0.1, 0.15) is 25.3 Å². The highest BCUT2D eigenvalue weighted by atomic mass is 32.2. The second-order valence-corrected chi connectivity index (χ2v) is 11.7. The Hall–Kier alpha value is -3.82. The first-order chi connectivity index (χ1) is 18.1. The van der Waals surface area contributed by atoms with E-state index >= 15 is 0 Å². The number of nitrogens with zero attached hydrogens (tertiary/aromatic N) is 6. The van der Waals surface area contributed by atoms with Gasteiger partial charge in [0.15, 0.2) is 5.16 Å². The molecule has 0 spiro atoms. The first-order valence-corrected chi connectivity index (χ1v) is 13.8. The lowest BCUT2D eigenvalue weighted by atomic mass is 10.0. The largest absolute Gasteiger partial charge is 0.329 e. The first kappa shape index (κ1) is 27.2. The Kier molecular flexibility index (Phi) is 8.08. The van der Waals surface area contributed by atoms with Gasteiger partial charge in [-0.3, -0.25) is 25.7 Å². The van der Waals surface area contributed by atoms with Crippen molar-refractivity contribution in [2.24, 2.45) is 18.1 Å². The summed E-state index contributed by atoms with van der Waals surface area (Å²) >= 11 is 1.15. The number of benzene rings is 2. The number of anilines is 1. The van der Waals surface area contributed by atoms with Crippen LogP contribution in [0.2, 0.25) is 0 Å². The van der Waals surface area contributed by atoms with E-state index in [0.717, 1.165) is 17.8 Å². The number of hydrogen-bond donors (Lipinski definition) is 1. The monoisotopic (exact) mass is 559 g/mol. The molecule has 13 nitrogen and oxygen atoms in total. The molecule has 15 heteroatoms. The third-order valence-electron chi connectivity index (χ3n) is 6.09. The van der Waals surface area contributed by atoms with Gasteiger partial charge >= 0.3 is 0 Å². The van der Waals surface area contributed by atoms with E-state index in [9.17, 15) is 28.6 Å². The van der Waals surface area contributed by atoms with Gasteiger partial charge in [0.1, 0.15) is 4.90 Å². The molecule has 0 aliphatic carbocycles. The summed E-state index contributed by atoms with van der Waals surface area (Å²) in [5, 5.41) is 27.7. The Bertz CT molecular complexity index is 1500. The number of hydrazone groups is 1. The van der Waals surface area contributed by atoms with Crippen LogP contribution >= 0.6 is 11.8 Å². The minimum absolute atomic E-state index is 0.0573. The molecule has 2 heterocycles. The molecule has 0 radical (unpaired) electrons. The Morgan fingerprint density at radius 3 is 2.50 bits per heavy atom. The minimum atomic E-state index is -4.03. The van der Waals surface area contributed by atoms with Crippen molar-refractivity contribution in [3.05, 3.63) is 74.6 Å². The van der Waals surface area contributed by atoms with Gasteiger partial charge in [0.2, 0.25) is 10.0 Å². The van der Waals surface area contributed by atoms with E-state index in [1.807, 2.05) is 6.92 Å². The molecule has 200 valence electrons. The van der Waals surface area contributed by atoms with E-state index in [4.69, 9.17) is 0 Å². The molecule has 1 fully saturated rings. The number of hydrogen-bond acceptors (Lipinski definition) is 10. The van der Waals surface area contributed by atoms with E-state index in [1.54, 1.807) is 36.1 Å². The molecule has 38 heavy (non-hydrogen) atoms. The van der Waals surface area contributed by atoms with Crippen LogP contribution in [0.25, 0.3) is 0 Å². The Balaban J connectivity index is 1.59. The summed E-state index contributed by atoms with van der Waals surface area (Å²) in [6.07, 6.45) is 6.03. The molecule has 3 aromatic rings. The molecule has 0 amide bonds. The second-order valence-electron chi connectivity index (χ2n) is 8.80. The molecule has 1 aromatic heterocycles. The lowest BCUT2D eigenvalue weighted by molar-refractivity contribution is -0.387. The molecule has 0 atom stereocenters. The van der Waals surface area contributed by atoms with Gasteiger partial charge in [0.05, 0.1) is 26.6 Å². The summed E-state index contributed by atoms with van der Waals surface area (Å²) in [6, 6.07) is 8.04. The summed E-state index contributed by atoms with van der Waals surface area (Å²) in [6.45, 7) is 2.69. The molecular formula is C23H25N7O6S2. The number of rotatable bonds is 9. The highest BCUT2D eigenvalue weighted by Gasteiger charge is 2.31. The zero-order chi connectivity index (χ0) is 27.4. The average molecular weight is 560 g/mol. The number of nitrogens with one attached hydrogen (secondary N) is 1. The van der Waals surface area contributed by atoms with Gasteiger partial charge in [-0.15, -0.1) is 0 Å². The number of sulfonamides is 1. The molecule has 4 rings (SSSR count). The molecule has 1 aliphatic rings. The number of imidazole rings is 1. The summed E-state index contributed by atoms with van der Waals surface area (Å²) in [5.41, 5.74) is 2.59. The topological polar surface area (TPSA) is 166 Å². The fourth-order valence-electron chi connectivity index (χ4n) is 3.86. The first-order valence-electron chi connectivity index (χ1n) is 11.6. The van der Waals surface area contributed by atoms with E-state index in [0.29, 0.717) is 47.5 Å². The fraction of sp³-hybridized carbons (Fsp3) is 0.304. The molecule has 1 saturated heterocycles. The number of non-ortho nitro benzene ring substituents is 1. The van der Waals surface area contributed by atoms with Gasteiger partial charge in [0, 0.05) is 56.3 Å². The lowest BCUT2D eigenvalue weighted by Crippen LogP contribution is -2.38.